The van der Waals surface area contributed by atoms with Crippen molar-refractivity contribution >= 4 is 11.9 Å². The quantitative estimate of drug-likeness (QED) is 0.874. The highest BCUT2D eigenvalue weighted by Gasteiger charge is 2.22. The van der Waals surface area contributed by atoms with E-state index in [1.54, 1.807) is 4.90 Å². The van der Waals surface area contributed by atoms with Crippen LogP contribution in [0.4, 0.5) is 4.79 Å². The minimum absolute atomic E-state index is 0.190. The zero-order valence-corrected chi connectivity index (χ0v) is 11.2. The van der Waals surface area contributed by atoms with E-state index in [0.29, 0.717) is 19.5 Å². The van der Waals surface area contributed by atoms with Crippen molar-refractivity contribution in [2.24, 2.45) is 0 Å². The van der Waals surface area contributed by atoms with Gasteiger partial charge in [-0.3, -0.25) is 10.1 Å². The molecule has 0 atom stereocenters. The summed E-state index contributed by atoms with van der Waals surface area (Å²) < 4.78 is 0. The summed E-state index contributed by atoms with van der Waals surface area (Å²) in [4.78, 5) is 24.1. The van der Waals surface area contributed by atoms with Crippen LogP contribution in [0, 0.1) is 6.92 Å². The van der Waals surface area contributed by atoms with Gasteiger partial charge in [0.1, 0.15) is 0 Å². The molecule has 18 heavy (non-hydrogen) atoms. The van der Waals surface area contributed by atoms with Crippen molar-refractivity contribution in [3.63, 3.8) is 0 Å². The molecule has 0 unspecified atom stereocenters. The number of urea groups is 1. The van der Waals surface area contributed by atoms with Crippen molar-refractivity contribution < 1.29 is 9.59 Å². The molecule has 1 saturated heterocycles. The number of aryl methyl sites for hydroxylation is 1. The highest BCUT2D eigenvalue weighted by atomic mass is 16.2. The molecular formula is C14H20N2O2. The molecule has 0 spiro atoms. The molecule has 1 fully saturated rings. The summed E-state index contributed by atoms with van der Waals surface area (Å²) in [7, 11) is 0. The Morgan fingerprint density at radius 3 is 2.33 bits per heavy atom. The summed E-state index contributed by atoms with van der Waals surface area (Å²) >= 11 is 0. The van der Waals surface area contributed by atoms with Gasteiger partial charge in [0.05, 0.1) is 0 Å². The third kappa shape index (κ3) is 3.87. The van der Waals surface area contributed by atoms with Crippen molar-refractivity contribution in [2.75, 3.05) is 6.54 Å². The van der Waals surface area contributed by atoms with Gasteiger partial charge in [-0.15, -0.1) is 0 Å². The molecule has 0 aliphatic carbocycles. The lowest BCUT2D eigenvalue weighted by atomic mass is 10.1. The smallest absolute Gasteiger partial charge is 0.320 e. The summed E-state index contributed by atoms with van der Waals surface area (Å²) in [6.45, 7) is 7.08. The summed E-state index contributed by atoms with van der Waals surface area (Å²) in [6, 6.07) is 7.74. The SMILES string of the molecule is CC.Cc1ccc(CN2CCC(=O)NC2=O)cc1. The van der Waals surface area contributed by atoms with Crippen molar-refractivity contribution in [1.29, 1.82) is 0 Å². The molecule has 0 aromatic heterocycles. The van der Waals surface area contributed by atoms with Crippen molar-refractivity contribution in [3.8, 4) is 0 Å². The molecule has 1 aliphatic rings. The normalized spacial score (nSPS) is 14.7. The van der Waals surface area contributed by atoms with Crippen LogP contribution in [0.25, 0.3) is 0 Å². The van der Waals surface area contributed by atoms with E-state index in [9.17, 15) is 9.59 Å². The third-order valence-corrected chi connectivity index (χ3v) is 2.64. The Bertz CT molecular complexity index is 412. The molecule has 0 bridgehead atoms. The number of amides is 3. The monoisotopic (exact) mass is 248 g/mol. The summed E-state index contributed by atoms with van der Waals surface area (Å²) in [5, 5.41) is 2.31. The average Bonchev–Trinajstić information content (AvgIpc) is 2.38. The van der Waals surface area contributed by atoms with E-state index in [1.165, 1.54) is 5.56 Å². The summed E-state index contributed by atoms with van der Waals surface area (Å²) in [6.07, 6.45) is 0.387. The van der Waals surface area contributed by atoms with Crippen LogP contribution in [0.2, 0.25) is 0 Å². The van der Waals surface area contributed by atoms with Crippen LogP contribution in [0.3, 0.4) is 0 Å². The van der Waals surface area contributed by atoms with Gasteiger partial charge in [0, 0.05) is 19.5 Å². The van der Waals surface area contributed by atoms with Crippen LogP contribution in [0.1, 0.15) is 31.4 Å². The van der Waals surface area contributed by atoms with Crippen LogP contribution in [-0.4, -0.2) is 23.4 Å². The topological polar surface area (TPSA) is 49.4 Å². The molecule has 0 saturated carbocycles. The van der Waals surface area contributed by atoms with Crippen LogP contribution in [0.5, 0.6) is 0 Å². The zero-order chi connectivity index (χ0) is 13.5. The second-order valence-corrected chi connectivity index (χ2v) is 4.01. The summed E-state index contributed by atoms with van der Waals surface area (Å²) in [5.41, 5.74) is 2.28. The highest BCUT2D eigenvalue weighted by molar-refractivity contribution is 5.96. The number of hydrogen-bond donors (Lipinski definition) is 1. The Labute approximate surface area is 108 Å². The Morgan fingerprint density at radius 2 is 1.78 bits per heavy atom. The number of carbonyl (C=O) groups is 2. The fourth-order valence-electron chi connectivity index (χ4n) is 1.66. The third-order valence-electron chi connectivity index (χ3n) is 2.64. The molecule has 1 heterocycles. The molecule has 1 N–H and O–H groups in total. The maximum Gasteiger partial charge on any atom is 0.324 e. The molecule has 2 rings (SSSR count). The van der Waals surface area contributed by atoms with Gasteiger partial charge in [0.2, 0.25) is 5.91 Å². The minimum atomic E-state index is -0.295. The standard InChI is InChI=1S/C12H14N2O2.C2H6/c1-9-2-4-10(5-3-9)8-14-7-6-11(15)13-12(14)16;1-2/h2-5H,6-8H2,1H3,(H,13,15,16);1-2H3. The van der Waals surface area contributed by atoms with E-state index in [1.807, 2.05) is 45.0 Å². The maximum absolute atomic E-state index is 11.5. The number of imide groups is 1. The average molecular weight is 248 g/mol. The molecule has 3 amide bonds. The fraction of sp³-hybridized carbons (Fsp3) is 0.429. The number of benzene rings is 1. The molecule has 1 aromatic rings. The van der Waals surface area contributed by atoms with Gasteiger partial charge in [-0.05, 0) is 12.5 Å². The van der Waals surface area contributed by atoms with Crippen molar-refractivity contribution in [1.82, 2.24) is 10.2 Å². The molecule has 1 aliphatic heterocycles. The van der Waals surface area contributed by atoms with Crippen LogP contribution in [0.15, 0.2) is 24.3 Å². The maximum atomic E-state index is 11.5. The molecule has 1 aromatic carbocycles. The first-order chi connectivity index (χ1) is 8.65. The Morgan fingerprint density at radius 1 is 1.17 bits per heavy atom. The predicted molar refractivity (Wildman–Crippen MR) is 71.1 cm³/mol. The molecule has 4 heteroatoms. The number of carbonyl (C=O) groups excluding carboxylic acids is 2. The highest BCUT2D eigenvalue weighted by Crippen LogP contribution is 2.09. The second kappa shape index (κ2) is 6.79. The Balaban J connectivity index is 0.000000771. The molecular weight excluding hydrogens is 228 g/mol. The second-order valence-electron chi connectivity index (χ2n) is 4.01. The van der Waals surface area contributed by atoms with Gasteiger partial charge in [0.15, 0.2) is 0 Å². The molecule has 4 nitrogen and oxygen atoms in total. The van der Waals surface area contributed by atoms with Gasteiger partial charge in [-0.1, -0.05) is 43.7 Å². The number of hydrogen-bond acceptors (Lipinski definition) is 2. The first-order valence-corrected chi connectivity index (χ1v) is 6.29. The van der Waals surface area contributed by atoms with Crippen LogP contribution >= 0.6 is 0 Å². The molecule has 98 valence electrons. The van der Waals surface area contributed by atoms with Crippen molar-refractivity contribution in [3.05, 3.63) is 35.4 Å². The minimum Gasteiger partial charge on any atom is -0.320 e. The first-order valence-electron chi connectivity index (χ1n) is 6.29. The van der Waals surface area contributed by atoms with E-state index >= 15 is 0 Å². The van der Waals surface area contributed by atoms with Gasteiger partial charge >= 0.3 is 6.03 Å². The van der Waals surface area contributed by atoms with E-state index in [4.69, 9.17) is 0 Å². The van der Waals surface area contributed by atoms with Crippen molar-refractivity contribution in [2.45, 2.75) is 33.7 Å². The fourth-order valence-corrected chi connectivity index (χ4v) is 1.66. The number of nitrogens with one attached hydrogen (secondary N) is 1. The Kier molecular flexibility index (Phi) is 5.36. The first kappa shape index (κ1) is 14.2. The predicted octanol–water partition coefficient (Wildman–Crippen LogP) is 2.46. The lowest BCUT2D eigenvalue weighted by Crippen LogP contribution is -2.48. The Hall–Kier alpha value is -1.84. The number of rotatable bonds is 2. The van der Waals surface area contributed by atoms with Gasteiger partial charge < -0.3 is 4.90 Å². The lowest BCUT2D eigenvalue weighted by molar-refractivity contribution is -0.121. The van der Waals surface area contributed by atoms with Gasteiger partial charge in [-0.2, -0.15) is 0 Å². The zero-order valence-electron chi connectivity index (χ0n) is 11.2. The van der Waals surface area contributed by atoms with E-state index in [2.05, 4.69) is 5.32 Å². The number of nitrogens with zero attached hydrogens (tertiary/aromatic N) is 1. The lowest BCUT2D eigenvalue weighted by Gasteiger charge is -2.26. The van der Waals surface area contributed by atoms with E-state index < -0.39 is 0 Å². The van der Waals surface area contributed by atoms with E-state index in [0.717, 1.165) is 5.56 Å². The van der Waals surface area contributed by atoms with Crippen LogP contribution < -0.4 is 5.32 Å². The van der Waals surface area contributed by atoms with E-state index in [-0.39, 0.29) is 11.9 Å². The largest absolute Gasteiger partial charge is 0.324 e. The van der Waals surface area contributed by atoms with Gasteiger partial charge in [-0.25, -0.2) is 4.79 Å². The van der Waals surface area contributed by atoms with Gasteiger partial charge in [0.25, 0.3) is 0 Å². The van der Waals surface area contributed by atoms with Crippen LogP contribution in [-0.2, 0) is 11.3 Å². The summed E-state index contributed by atoms with van der Waals surface area (Å²) in [5.74, 6) is -0.190. The molecule has 0 radical (unpaired) electrons.